The molecule has 6 heteroatoms. The molecule has 0 fully saturated rings. The van der Waals surface area contributed by atoms with Crippen molar-refractivity contribution in [3.63, 3.8) is 0 Å². The molecule has 2 N–H and O–H groups in total. The zero-order valence-electron chi connectivity index (χ0n) is 9.02. The van der Waals surface area contributed by atoms with Crippen LogP contribution < -0.4 is 16.3 Å². The SMILES string of the molecule is CN(C)c1ccc(-n2c(=O)[nH][nH]c2=O)cc1. The summed E-state index contributed by atoms with van der Waals surface area (Å²) in [7, 11) is 3.84. The molecule has 1 heterocycles. The number of aromatic amines is 2. The van der Waals surface area contributed by atoms with Gasteiger partial charge in [-0.3, -0.25) is 0 Å². The van der Waals surface area contributed by atoms with Crippen LogP contribution in [0.2, 0.25) is 0 Å². The molecule has 0 unspecified atom stereocenters. The Bertz CT molecular complexity index is 561. The second-order valence-corrected chi connectivity index (χ2v) is 3.61. The van der Waals surface area contributed by atoms with E-state index in [0.29, 0.717) is 5.69 Å². The van der Waals surface area contributed by atoms with Crippen LogP contribution in [0.25, 0.3) is 5.69 Å². The molecule has 2 rings (SSSR count). The van der Waals surface area contributed by atoms with Gasteiger partial charge in [-0.25, -0.2) is 24.4 Å². The van der Waals surface area contributed by atoms with E-state index in [2.05, 4.69) is 10.2 Å². The van der Waals surface area contributed by atoms with Crippen LogP contribution in [0.1, 0.15) is 0 Å². The van der Waals surface area contributed by atoms with E-state index < -0.39 is 11.4 Å². The van der Waals surface area contributed by atoms with Crippen molar-refractivity contribution in [3.8, 4) is 5.69 Å². The minimum atomic E-state index is -0.470. The molecule has 0 aliphatic heterocycles. The van der Waals surface area contributed by atoms with Gasteiger partial charge in [0.15, 0.2) is 0 Å². The Kier molecular flexibility index (Phi) is 2.40. The van der Waals surface area contributed by atoms with E-state index in [1.807, 2.05) is 31.1 Å². The number of H-pyrrole nitrogens is 2. The molecule has 0 saturated heterocycles. The van der Waals surface area contributed by atoms with Crippen LogP contribution in [-0.4, -0.2) is 28.9 Å². The smallest absolute Gasteiger partial charge is 0.348 e. The largest absolute Gasteiger partial charge is 0.378 e. The van der Waals surface area contributed by atoms with Gasteiger partial charge in [-0.1, -0.05) is 0 Å². The average molecular weight is 220 g/mol. The Morgan fingerprint density at radius 1 is 1.00 bits per heavy atom. The molecular formula is C10H12N4O2. The van der Waals surface area contributed by atoms with Gasteiger partial charge in [-0.15, -0.1) is 0 Å². The van der Waals surface area contributed by atoms with E-state index in [0.717, 1.165) is 10.3 Å². The summed E-state index contributed by atoms with van der Waals surface area (Å²) in [5, 5.41) is 4.46. The van der Waals surface area contributed by atoms with Crippen molar-refractivity contribution in [2.45, 2.75) is 0 Å². The molecule has 0 amide bonds. The van der Waals surface area contributed by atoms with Crippen molar-refractivity contribution >= 4 is 5.69 Å². The quantitative estimate of drug-likeness (QED) is 0.743. The van der Waals surface area contributed by atoms with Crippen LogP contribution in [0.4, 0.5) is 5.69 Å². The van der Waals surface area contributed by atoms with E-state index in [4.69, 9.17) is 0 Å². The van der Waals surface area contributed by atoms with Crippen molar-refractivity contribution in [2.24, 2.45) is 0 Å². The molecule has 0 saturated carbocycles. The highest BCUT2D eigenvalue weighted by Crippen LogP contribution is 2.12. The van der Waals surface area contributed by atoms with Crippen molar-refractivity contribution in [1.29, 1.82) is 0 Å². The Morgan fingerprint density at radius 2 is 1.50 bits per heavy atom. The zero-order valence-corrected chi connectivity index (χ0v) is 9.02. The fourth-order valence-electron chi connectivity index (χ4n) is 1.45. The van der Waals surface area contributed by atoms with E-state index in [1.165, 1.54) is 0 Å². The minimum absolute atomic E-state index is 0.470. The molecule has 84 valence electrons. The second-order valence-electron chi connectivity index (χ2n) is 3.61. The molecule has 0 spiro atoms. The first kappa shape index (κ1) is 10.3. The predicted octanol–water partition coefficient (Wildman–Crippen LogP) is -0.0801. The third kappa shape index (κ3) is 1.65. The summed E-state index contributed by atoms with van der Waals surface area (Å²) in [4.78, 5) is 24.6. The molecular weight excluding hydrogens is 208 g/mol. The number of hydrogen-bond donors (Lipinski definition) is 2. The number of benzene rings is 1. The number of anilines is 1. The van der Waals surface area contributed by atoms with E-state index in [-0.39, 0.29) is 0 Å². The summed E-state index contributed by atoms with van der Waals surface area (Å²) >= 11 is 0. The van der Waals surface area contributed by atoms with Crippen molar-refractivity contribution in [3.05, 3.63) is 45.2 Å². The van der Waals surface area contributed by atoms with Crippen LogP contribution in [0.3, 0.4) is 0 Å². The number of nitrogens with one attached hydrogen (secondary N) is 2. The first-order valence-corrected chi connectivity index (χ1v) is 4.77. The Labute approximate surface area is 91.1 Å². The Morgan fingerprint density at radius 3 is 1.94 bits per heavy atom. The van der Waals surface area contributed by atoms with Crippen molar-refractivity contribution in [2.75, 3.05) is 19.0 Å². The van der Waals surface area contributed by atoms with Crippen molar-refractivity contribution < 1.29 is 0 Å². The molecule has 0 bridgehead atoms. The van der Waals surface area contributed by atoms with Gasteiger partial charge in [0.05, 0.1) is 5.69 Å². The molecule has 0 aliphatic rings. The Balaban J connectivity index is 2.51. The third-order valence-corrected chi connectivity index (χ3v) is 2.31. The average Bonchev–Trinajstić information content (AvgIpc) is 2.59. The molecule has 0 radical (unpaired) electrons. The van der Waals surface area contributed by atoms with E-state index >= 15 is 0 Å². The second kappa shape index (κ2) is 3.73. The standard InChI is InChI=1S/C10H12N4O2/c1-13(2)7-3-5-8(6-4-7)14-9(15)11-12-10(14)16/h3-6H,1-2H3,(H,11,15)(H,12,16). The predicted molar refractivity (Wildman–Crippen MR) is 61.3 cm³/mol. The van der Waals surface area contributed by atoms with Gasteiger partial charge in [0.2, 0.25) is 0 Å². The van der Waals surface area contributed by atoms with Crippen molar-refractivity contribution in [1.82, 2.24) is 14.8 Å². The minimum Gasteiger partial charge on any atom is -0.378 e. The van der Waals surface area contributed by atoms with Gasteiger partial charge in [0.1, 0.15) is 0 Å². The number of nitrogens with zero attached hydrogens (tertiary/aromatic N) is 2. The molecule has 0 aliphatic carbocycles. The van der Waals surface area contributed by atoms with Crippen LogP contribution in [-0.2, 0) is 0 Å². The fourth-order valence-corrected chi connectivity index (χ4v) is 1.45. The molecule has 16 heavy (non-hydrogen) atoms. The summed E-state index contributed by atoms with van der Waals surface area (Å²) in [6, 6.07) is 7.13. The first-order chi connectivity index (χ1) is 7.59. The third-order valence-electron chi connectivity index (χ3n) is 2.31. The lowest BCUT2D eigenvalue weighted by Crippen LogP contribution is -2.24. The van der Waals surface area contributed by atoms with E-state index in [1.54, 1.807) is 12.1 Å². The van der Waals surface area contributed by atoms with Crippen LogP contribution >= 0.6 is 0 Å². The molecule has 0 atom stereocenters. The summed E-state index contributed by atoms with van der Waals surface area (Å²) in [5.41, 5.74) is 0.604. The maximum atomic E-state index is 11.3. The first-order valence-electron chi connectivity index (χ1n) is 4.77. The number of aromatic nitrogens is 3. The lowest BCUT2D eigenvalue weighted by Gasteiger charge is -2.12. The summed E-state index contributed by atoms with van der Waals surface area (Å²) in [6.45, 7) is 0. The monoisotopic (exact) mass is 220 g/mol. The molecule has 6 nitrogen and oxygen atoms in total. The van der Waals surface area contributed by atoms with Gasteiger partial charge < -0.3 is 4.90 Å². The van der Waals surface area contributed by atoms with Gasteiger partial charge in [-0.05, 0) is 24.3 Å². The lowest BCUT2D eigenvalue weighted by molar-refractivity contribution is 0.951. The molecule has 1 aromatic heterocycles. The van der Waals surface area contributed by atoms with Gasteiger partial charge in [-0.2, -0.15) is 0 Å². The summed E-state index contributed by atoms with van der Waals surface area (Å²) in [6.07, 6.45) is 0. The highest BCUT2D eigenvalue weighted by atomic mass is 16.2. The number of hydrogen-bond acceptors (Lipinski definition) is 3. The maximum absolute atomic E-state index is 11.3. The Hall–Kier alpha value is -2.24. The summed E-state index contributed by atoms with van der Waals surface area (Å²) in [5.74, 6) is 0. The normalized spacial score (nSPS) is 10.4. The van der Waals surface area contributed by atoms with Crippen LogP contribution in [0, 0.1) is 0 Å². The number of rotatable bonds is 2. The van der Waals surface area contributed by atoms with Gasteiger partial charge in [0, 0.05) is 19.8 Å². The van der Waals surface area contributed by atoms with Gasteiger partial charge in [0.25, 0.3) is 0 Å². The highest BCUT2D eigenvalue weighted by molar-refractivity contribution is 5.49. The summed E-state index contributed by atoms with van der Waals surface area (Å²) < 4.78 is 1.04. The fraction of sp³-hybridized carbons (Fsp3) is 0.200. The molecule has 1 aromatic carbocycles. The van der Waals surface area contributed by atoms with Crippen LogP contribution in [0.15, 0.2) is 33.9 Å². The van der Waals surface area contributed by atoms with Crippen LogP contribution in [0.5, 0.6) is 0 Å². The lowest BCUT2D eigenvalue weighted by atomic mass is 10.2. The van der Waals surface area contributed by atoms with E-state index in [9.17, 15) is 9.59 Å². The topological polar surface area (TPSA) is 73.9 Å². The highest BCUT2D eigenvalue weighted by Gasteiger charge is 2.05. The molecule has 2 aromatic rings. The zero-order chi connectivity index (χ0) is 11.7. The maximum Gasteiger partial charge on any atom is 0.348 e. The van der Waals surface area contributed by atoms with Gasteiger partial charge >= 0.3 is 11.4 Å².